The summed E-state index contributed by atoms with van der Waals surface area (Å²) in [5, 5.41) is 11.1. The third kappa shape index (κ3) is 3.52. The van der Waals surface area contributed by atoms with E-state index < -0.39 is 14.9 Å². The predicted molar refractivity (Wildman–Crippen MR) is 82.5 cm³/mol. The number of hydrogen-bond acceptors (Lipinski definition) is 5. The maximum atomic E-state index is 12.4. The van der Waals surface area contributed by atoms with Gasteiger partial charge in [-0.15, -0.1) is 0 Å². The number of anilines is 1. The number of aromatic nitrogens is 1. The number of nitrogens with zero attached hydrogens (tertiary/aromatic N) is 2. The van der Waals surface area contributed by atoms with Crippen molar-refractivity contribution in [1.82, 2.24) is 4.98 Å². The first-order chi connectivity index (χ1) is 10.3. The van der Waals surface area contributed by atoms with Crippen molar-refractivity contribution in [3.05, 3.63) is 57.4 Å². The summed E-state index contributed by atoms with van der Waals surface area (Å²) in [5.41, 5.74) is 0.421. The topological polar surface area (TPSA) is 102 Å². The lowest BCUT2D eigenvalue weighted by Gasteiger charge is -2.11. The van der Waals surface area contributed by atoms with E-state index >= 15 is 0 Å². The molecule has 0 saturated carbocycles. The Kier molecular flexibility index (Phi) is 4.62. The van der Waals surface area contributed by atoms with Crippen molar-refractivity contribution >= 4 is 33.0 Å². The van der Waals surface area contributed by atoms with Crippen LogP contribution in [0, 0.1) is 10.1 Å². The Morgan fingerprint density at radius 3 is 2.59 bits per heavy atom. The van der Waals surface area contributed by atoms with Crippen molar-refractivity contribution in [2.75, 3.05) is 4.72 Å². The average molecular weight is 342 g/mol. The number of sulfonamides is 1. The number of non-ortho nitro benzene ring substituents is 1. The molecule has 116 valence electrons. The van der Waals surface area contributed by atoms with Crippen molar-refractivity contribution in [3.8, 4) is 0 Å². The molecule has 2 aromatic rings. The van der Waals surface area contributed by atoms with E-state index in [-0.39, 0.29) is 21.4 Å². The van der Waals surface area contributed by atoms with Crippen molar-refractivity contribution in [2.45, 2.75) is 18.2 Å². The van der Waals surface area contributed by atoms with E-state index in [1.807, 2.05) is 0 Å². The Balaban J connectivity index is 2.45. The summed E-state index contributed by atoms with van der Waals surface area (Å²) in [6.45, 7) is 1.77. The van der Waals surface area contributed by atoms with Crippen LogP contribution in [-0.2, 0) is 16.4 Å². The summed E-state index contributed by atoms with van der Waals surface area (Å²) in [5.74, 6) is 0. The van der Waals surface area contributed by atoms with Crippen LogP contribution in [0.5, 0.6) is 0 Å². The van der Waals surface area contributed by atoms with Gasteiger partial charge in [0, 0.05) is 12.1 Å². The van der Waals surface area contributed by atoms with E-state index in [1.165, 1.54) is 30.5 Å². The van der Waals surface area contributed by atoms with E-state index in [4.69, 9.17) is 11.6 Å². The fraction of sp³-hybridized carbons (Fsp3) is 0.154. The smallest absolute Gasteiger partial charge is 0.270 e. The van der Waals surface area contributed by atoms with Crippen LogP contribution in [0.25, 0.3) is 0 Å². The monoisotopic (exact) mass is 341 g/mol. The summed E-state index contributed by atoms with van der Waals surface area (Å²) >= 11 is 5.64. The Morgan fingerprint density at radius 1 is 1.32 bits per heavy atom. The SMILES string of the molecule is CCc1ccc([N+](=O)[O-])cc1S(=O)(=O)Nc1ccc(Cl)nc1. The van der Waals surface area contributed by atoms with E-state index in [1.54, 1.807) is 6.92 Å². The van der Waals surface area contributed by atoms with Gasteiger partial charge in [0.05, 0.1) is 21.7 Å². The maximum absolute atomic E-state index is 12.4. The number of hydrogen-bond donors (Lipinski definition) is 1. The second-order valence-corrected chi connectivity index (χ2v) is 6.42. The van der Waals surface area contributed by atoms with E-state index in [0.29, 0.717) is 12.0 Å². The Bertz CT molecular complexity index is 807. The molecule has 1 N–H and O–H groups in total. The molecular formula is C13H12ClN3O4S. The van der Waals surface area contributed by atoms with Crippen LogP contribution in [-0.4, -0.2) is 18.3 Å². The Morgan fingerprint density at radius 2 is 2.05 bits per heavy atom. The zero-order chi connectivity index (χ0) is 16.3. The van der Waals surface area contributed by atoms with Crippen molar-refractivity contribution in [2.24, 2.45) is 0 Å². The minimum atomic E-state index is -3.96. The Hall–Kier alpha value is -2.19. The first-order valence-corrected chi connectivity index (χ1v) is 8.11. The predicted octanol–water partition coefficient (Wildman–Crippen LogP) is 3.01. The average Bonchev–Trinajstić information content (AvgIpc) is 2.48. The van der Waals surface area contributed by atoms with Crippen molar-refractivity contribution in [1.29, 1.82) is 0 Å². The molecule has 0 fully saturated rings. The number of aryl methyl sites for hydroxylation is 1. The van der Waals surface area contributed by atoms with Crippen LogP contribution < -0.4 is 4.72 Å². The van der Waals surface area contributed by atoms with E-state index in [9.17, 15) is 18.5 Å². The normalized spacial score (nSPS) is 11.2. The molecular weight excluding hydrogens is 330 g/mol. The lowest BCUT2D eigenvalue weighted by atomic mass is 10.1. The van der Waals surface area contributed by atoms with Crippen LogP contribution in [0.1, 0.15) is 12.5 Å². The van der Waals surface area contributed by atoms with Crippen LogP contribution in [0.4, 0.5) is 11.4 Å². The number of nitrogens with one attached hydrogen (secondary N) is 1. The molecule has 0 spiro atoms. The summed E-state index contributed by atoms with van der Waals surface area (Å²) in [6, 6.07) is 6.66. The Labute approximate surface area is 132 Å². The first-order valence-electron chi connectivity index (χ1n) is 6.25. The minimum absolute atomic E-state index is 0.126. The molecule has 0 radical (unpaired) electrons. The highest BCUT2D eigenvalue weighted by Crippen LogP contribution is 2.25. The van der Waals surface area contributed by atoms with Crippen LogP contribution in [0.2, 0.25) is 5.15 Å². The van der Waals surface area contributed by atoms with Gasteiger partial charge >= 0.3 is 0 Å². The van der Waals surface area contributed by atoms with Crippen LogP contribution >= 0.6 is 11.6 Å². The molecule has 0 amide bonds. The lowest BCUT2D eigenvalue weighted by molar-refractivity contribution is -0.385. The van der Waals surface area contributed by atoms with E-state index in [0.717, 1.165) is 6.07 Å². The highest BCUT2D eigenvalue weighted by molar-refractivity contribution is 7.92. The van der Waals surface area contributed by atoms with Gasteiger partial charge < -0.3 is 0 Å². The fourth-order valence-electron chi connectivity index (χ4n) is 1.85. The van der Waals surface area contributed by atoms with Gasteiger partial charge in [0.25, 0.3) is 15.7 Å². The molecule has 22 heavy (non-hydrogen) atoms. The van der Waals surface area contributed by atoms with Crippen LogP contribution in [0.15, 0.2) is 41.4 Å². The number of rotatable bonds is 5. The molecule has 0 unspecified atom stereocenters. The third-order valence-corrected chi connectivity index (χ3v) is 4.60. The lowest BCUT2D eigenvalue weighted by Crippen LogP contribution is -2.15. The maximum Gasteiger partial charge on any atom is 0.270 e. The summed E-state index contributed by atoms with van der Waals surface area (Å²) in [6.07, 6.45) is 1.69. The van der Waals surface area contributed by atoms with Gasteiger partial charge in [0.15, 0.2) is 0 Å². The second-order valence-electron chi connectivity index (χ2n) is 4.38. The molecule has 0 aliphatic rings. The van der Waals surface area contributed by atoms with Gasteiger partial charge in [0.2, 0.25) is 0 Å². The fourth-order valence-corrected chi connectivity index (χ4v) is 3.33. The molecule has 0 aliphatic heterocycles. The highest BCUT2D eigenvalue weighted by Gasteiger charge is 2.21. The molecule has 0 atom stereocenters. The molecule has 0 aliphatic carbocycles. The second kappa shape index (κ2) is 6.29. The van der Waals surface area contributed by atoms with Crippen LogP contribution in [0.3, 0.4) is 0 Å². The minimum Gasteiger partial charge on any atom is -0.278 e. The summed E-state index contributed by atoms with van der Waals surface area (Å²) in [4.78, 5) is 13.9. The van der Waals surface area contributed by atoms with Gasteiger partial charge in [0.1, 0.15) is 5.15 Å². The summed E-state index contributed by atoms with van der Waals surface area (Å²) in [7, 11) is -3.96. The molecule has 7 nitrogen and oxygen atoms in total. The molecule has 0 saturated heterocycles. The zero-order valence-corrected chi connectivity index (χ0v) is 13.1. The van der Waals surface area contributed by atoms with Crippen molar-refractivity contribution < 1.29 is 13.3 Å². The van der Waals surface area contributed by atoms with Crippen molar-refractivity contribution in [3.63, 3.8) is 0 Å². The zero-order valence-electron chi connectivity index (χ0n) is 11.5. The number of benzene rings is 1. The third-order valence-electron chi connectivity index (χ3n) is 2.91. The van der Waals surface area contributed by atoms with Gasteiger partial charge in [-0.2, -0.15) is 0 Å². The van der Waals surface area contributed by atoms with Gasteiger partial charge in [-0.3, -0.25) is 14.8 Å². The molecule has 9 heteroatoms. The highest BCUT2D eigenvalue weighted by atomic mass is 35.5. The molecule has 1 aromatic heterocycles. The molecule has 1 aromatic carbocycles. The molecule has 1 heterocycles. The standard InChI is InChI=1S/C13H12ClN3O4S/c1-2-9-3-5-11(17(18)19)7-12(9)22(20,21)16-10-4-6-13(14)15-8-10/h3-8,16H,2H2,1H3. The summed E-state index contributed by atoms with van der Waals surface area (Å²) < 4.78 is 27.2. The number of halogens is 1. The van der Waals surface area contributed by atoms with Gasteiger partial charge in [-0.25, -0.2) is 13.4 Å². The first kappa shape index (κ1) is 16.2. The number of nitro groups is 1. The molecule has 0 bridgehead atoms. The van der Waals surface area contributed by atoms with E-state index in [2.05, 4.69) is 9.71 Å². The van der Waals surface area contributed by atoms with Gasteiger partial charge in [-0.05, 0) is 24.1 Å². The quantitative estimate of drug-likeness (QED) is 0.511. The van der Waals surface area contributed by atoms with Gasteiger partial charge in [-0.1, -0.05) is 24.6 Å². The largest absolute Gasteiger partial charge is 0.278 e. The molecule has 2 rings (SSSR count). The number of nitro benzene ring substituents is 1. The number of pyridine rings is 1.